The molecule has 0 aliphatic heterocycles. The first-order valence-electron chi connectivity index (χ1n) is 6.38. The van der Waals surface area contributed by atoms with Gasteiger partial charge in [-0.2, -0.15) is 11.3 Å². The smallest absolute Gasteiger partial charge is 0.0242 e. The van der Waals surface area contributed by atoms with Crippen molar-refractivity contribution < 1.29 is 0 Å². The van der Waals surface area contributed by atoms with Gasteiger partial charge in [0, 0.05) is 24.7 Å². The van der Waals surface area contributed by atoms with Crippen LogP contribution in [0.4, 0.5) is 0 Å². The van der Waals surface area contributed by atoms with Gasteiger partial charge in [0.05, 0.1) is 0 Å². The van der Waals surface area contributed by atoms with Gasteiger partial charge < -0.3 is 5.32 Å². The Hall–Kier alpha value is -0.380. The van der Waals surface area contributed by atoms with Gasteiger partial charge in [-0.1, -0.05) is 6.92 Å². The summed E-state index contributed by atoms with van der Waals surface area (Å²) in [5.41, 5.74) is 1.63. The molecular formula is C14H26N2S. The Morgan fingerprint density at radius 3 is 2.59 bits per heavy atom. The van der Waals surface area contributed by atoms with Crippen molar-refractivity contribution in [2.24, 2.45) is 0 Å². The molecule has 98 valence electrons. The molecule has 2 nitrogen and oxygen atoms in total. The predicted molar refractivity (Wildman–Crippen MR) is 77.6 cm³/mol. The fraction of sp³-hybridized carbons (Fsp3) is 0.714. The molecule has 1 aromatic heterocycles. The van der Waals surface area contributed by atoms with Crippen LogP contribution in [0.25, 0.3) is 0 Å². The highest BCUT2D eigenvalue weighted by atomic mass is 32.1. The molecule has 0 radical (unpaired) electrons. The number of nitrogens with one attached hydrogen (secondary N) is 1. The van der Waals surface area contributed by atoms with Crippen LogP contribution < -0.4 is 5.32 Å². The van der Waals surface area contributed by atoms with Crippen LogP contribution in [0.1, 0.15) is 39.7 Å². The highest BCUT2D eigenvalue weighted by Crippen LogP contribution is 2.12. The van der Waals surface area contributed by atoms with Crippen LogP contribution in [0.5, 0.6) is 0 Å². The molecule has 0 fully saturated rings. The Kier molecular flexibility index (Phi) is 5.63. The molecule has 1 aromatic rings. The lowest BCUT2D eigenvalue weighted by atomic mass is 10.1. The van der Waals surface area contributed by atoms with Gasteiger partial charge >= 0.3 is 0 Å². The SMILES string of the molecule is CCC(CNC(C)(C)C)N(C)Cc1ccsc1. The van der Waals surface area contributed by atoms with Crippen LogP contribution in [-0.2, 0) is 6.54 Å². The number of hydrogen-bond donors (Lipinski definition) is 1. The molecular weight excluding hydrogens is 228 g/mol. The molecule has 0 amide bonds. The molecule has 0 spiro atoms. The topological polar surface area (TPSA) is 15.3 Å². The number of likely N-dealkylation sites (N-methyl/N-ethyl adjacent to an activating group) is 1. The van der Waals surface area contributed by atoms with E-state index in [4.69, 9.17) is 0 Å². The monoisotopic (exact) mass is 254 g/mol. The number of hydrogen-bond acceptors (Lipinski definition) is 3. The van der Waals surface area contributed by atoms with E-state index in [2.05, 4.69) is 61.8 Å². The van der Waals surface area contributed by atoms with Crippen LogP contribution in [0.3, 0.4) is 0 Å². The number of nitrogens with zero attached hydrogens (tertiary/aromatic N) is 1. The second-order valence-electron chi connectivity index (χ2n) is 5.74. The summed E-state index contributed by atoms with van der Waals surface area (Å²) in [5, 5.41) is 7.98. The van der Waals surface area contributed by atoms with Crippen molar-refractivity contribution in [1.82, 2.24) is 10.2 Å². The summed E-state index contributed by atoms with van der Waals surface area (Å²) in [4.78, 5) is 2.45. The number of thiophene rings is 1. The molecule has 1 heterocycles. The second kappa shape index (κ2) is 6.53. The van der Waals surface area contributed by atoms with Gasteiger partial charge in [0.15, 0.2) is 0 Å². The van der Waals surface area contributed by atoms with Gasteiger partial charge in [-0.05, 0) is 56.6 Å². The van der Waals surface area contributed by atoms with Crippen LogP contribution in [0.2, 0.25) is 0 Å². The van der Waals surface area contributed by atoms with E-state index in [0.29, 0.717) is 6.04 Å². The Morgan fingerprint density at radius 1 is 1.41 bits per heavy atom. The standard InChI is InChI=1S/C14H26N2S/c1-6-13(9-15-14(2,3)4)16(5)10-12-7-8-17-11-12/h7-8,11,13,15H,6,9-10H2,1-5H3. The maximum absolute atomic E-state index is 3.59. The van der Waals surface area contributed by atoms with Gasteiger partial charge in [-0.25, -0.2) is 0 Å². The van der Waals surface area contributed by atoms with Crippen molar-refractivity contribution in [2.75, 3.05) is 13.6 Å². The molecule has 0 bridgehead atoms. The highest BCUT2D eigenvalue weighted by molar-refractivity contribution is 7.07. The Balaban J connectivity index is 2.43. The third-order valence-corrected chi connectivity index (χ3v) is 3.71. The Labute approximate surface area is 110 Å². The summed E-state index contributed by atoms with van der Waals surface area (Å²) < 4.78 is 0. The molecule has 1 atom stereocenters. The zero-order valence-electron chi connectivity index (χ0n) is 11.8. The summed E-state index contributed by atoms with van der Waals surface area (Å²) in [6.07, 6.45) is 1.18. The quantitative estimate of drug-likeness (QED) is 0.837. The van der Waals surface area contributed by atoms with Crippen molar-refractivity contribution in [2.45, 2.75) is 52.2 Å². The normalized spacial score (nSPS) is 14.2. The lowest BCUT2D eigenvalue weighted by Crippen LogP contribution is -2.46. The maximum atomic E-state index is 3.59. The van der Waals surface area contributed by atoms with E-state index in [1.165, 1.54) is 12.0 Å². The van der Waals surface area contributed by atoms with Gasteiger partial charge in [0.1, 0.15) is 0 Å². The maximum Gasteiger partial charge on any atom is 0.0242 e. The summed E-state index contributed by atoms with van der Waals surface area (Å²) in [6, 6.07) is 2.82. The van der Waals surface area contributed by atoms with Crippen molar-refractivity contribution in [3.8, 4) is 0 Å². The summed E-state index contributed by atoms with van der Waals surface area (Å²) in [6.45, 7) is 11.0. The van der Waals surface area contributed by atoms with Gasteiger partial charge in [-0.15, -0.1) is 0 Å². The molecule has 0 saturated heterocycles. The minimum Gasteiger partial charge on any atom is -0.311 e. The van der Waals surface area contributed by atoms with Crippen molar-refractivity contribution in [3.05, 3.63) is 22.4 Å². The van der Waals surface area contributed by atoms with E-state index < -0.39 is 0 Å². The van der Waals surface area contributed by atoms with E-state index in [-0.39, 0.29) is 5.54 Å². The zero-order chi connectivity index (χ0) is 12.9. The van der Waals surface area contributed by atoms with E-state index in [1.807, 2.05) is 0 Å². The molecule has 0 saturated carbocycles. The van der Waals surface area contributed by atoms with Crippen LogP contribution in [-0.4, -0.2) is 30.1 Å². The zero-order valence-corrected chi connectivity index (χ0v) is 12.6. The first-order valence-corrected chi connectivity index (χ1v) is 7.33. The van der Waals surface area contributed by atoms with E-state index in [0.717, 1.165) is 13.1 Å². The van der Waals surface area contributed by atoms with E-state index >= 15 is 0 Å². The molecule has 1 rings (SSSR count). The molecule has 0 aromatic carbocycles. The van der Waals surface area contributed by atoms with Crippen molar-refractivity contribution >= 4 is 11.3 Å². The molecule has 17 heavy (non-hydrogen) atoms. The minimum atomic E-state index is 0.205. The summed E-state index contributed by atoms with van der Waals surface area (Å²) in [7, 11) is 2.22. The van der Waals surface area contributed by atoms with Crippen LogP contribution in [0, 0.1) is 0 Å². The lowest BCUT2D eigenvalue weighted by molar-refractivity contribution is 0.209. The molecule has 1 unspecified atom stereocenters. The van der Waals surface area contributed by atoms with Crippen molar-refractivity contribution in [1.29, 1.82) is 0 Å². The summed E-state index contributed by atoms with van der Waals surface area (Å²) in [5.74, 6) is 0. The van der Waals surface area contributed by atoms with Gasteiger partial charge in [0.2, 0.25) is 0 Å². The first kappa shape index (κ1) is 14.7. The third kappa shape index (κ3) is 5.66. The van der Waals surface area contributed by atoms with Gasteiger partial charge in [0.25, 0.3) is 0 Å². The fourth-order valence-electron chi connectivity index (χ4n) is 1.84. The van der Waals surface area contributed by atoms with Crippen molar-refractivity contribution in [3.63, 3.8) is 0 Å². The Bertz CT molecular complexity index is 301. The second-order valence-corrected chi connectivity index (χ2v) is 6.52. The van der Waals surface area contributed by atoms with E-state index in [9.17, 15) is 0 Å². The largest absolute Gasteiger partial charge is 0.311 e. The summed E-state index contributed by atoms with van der Waals surface area (Å²) >= 11 is 1.78. The first-order chi connectivity index (χ1) is 7.92. The predicted octanol–water partition coefficient (Wildman–Crippen LogP) is 3.35. The fourth-order valence-corrected chi connectivity index (χ4v) is 2.50. The highest BCUT2D eigenvalue weighted by Gasteiger charge is 2.16. The van der Waals surface area contributed by atoms with E-state index in [1.54, 1.807) is 11.3 Å². The molecule has 3 heteroatoms. The van der Waals surface area contributed by atoms with Gasteiger partial charge in [-0.3, -0.25) is 4.90 Å². The molecule has 1 N–H and O–H groups in total. The average molecular weight is 254 g/mol. The Morgan fingerprint density at radius 2 is 2.12 bits per heavy atom. The minimum absolute atomic E-state index is 0.205. The van der Waals surface area contributed by atoms with Crippen LogP contribution in [0.15, 0.2) is 16.8 Å². The number of rotatable bonds is 6. The molecule has 0 aliphatic rings. The van der Waals surface area contributed by atoms with Crippen LogP contribution >= 0.6 is 11.3 Å². The average Bonchev–Trinajstić information content (AvgIpc) is 2.69. The molecule has 0 aliphatic carbocycles. The third-order valence-electron chi connectivity index (χ3n) is 2.97. The lowest BCUT2D eigenvalue weighted by Gasteiger charge is -2.30.